The summed E-state index contributed by atoms with van der Waals surface area (Å²) in [4.78, 5) is 25.6. The van der Waals surface area contributed by atoms with Crippen molar-refractivity contribution in [1.82, 2.24) is 0 Å². The van der Waals surface area contributed by atoms with Crippen LogP contribution in [0.1, 0.15) is 0 Å². The van der Waals surface area contributed by atoms with Crippen molar-refractivity contribution in [2.45, 2.75) is 0 Å². The topological polar surface area (TPSA) is 161 Å². The van der Waals surface area contributed by atoms with E-state index in [1.54, 1.807) is 0 Å². The van der Waals surface area contributed by atoms with Gasteiger partial charge in [-0.3, -0.25) is 9.11 Å². The van der Waals surface area contributed by atoms with Gasteiger partial charge >= 0.3 is 37.7 Å². The minimum absolute atomic E-state index is 0. The van der Waals surface area contributed by atoms with Gasteiger partial charge in [0.15, 0.2) is 0 Å². The summed E-state index contributed by atoms with van der Waals surface area (Å²) in [6.07, 6.45) is 0. The fourth-order valence-electron chi connectivity index (χ4n) is 0. The van der Waals surface area contributed by atoms with Crippen LogP contribution in [0.15, 0.2) is 0 Å². The van der Waals surface area contributed by atoms with Crippen molar-refractivity contribution in [1.29, 1.82) is 0 Å². The first-order valence-electron chi connectivity index (χ1n) is 1.43. The van der Waals surface area contributed by atoms with E-state index in [0.717, 1.165) is 0 Å². The zero-order valence-corrected chi connectivity index (χ0v) is 11.0. The molecule has 0 bridgehead atoms. The van der Waals surface area contributed by atoms with Crippen LogP contribution in [0.5, 0.6) is 0 Å². The minimum atomic E-state index is -5.39. The zero-order chi connectivity index (χ0) is 9.00. The third kappa shape index (κ3) is 1060. The van der Waals surface area contributed by atoms with Crippen molar-refractivity contribution in [3.8, 4) is 0 Å². The van der Waals surface area contributed by atoms with Crippen LogP contribution in [-0.4, -0.2) is 44.8 Å². The summed E-state index contributed by atoms with van der Waals surface area (Å²) in [6, 6.07) is 0. The van der Waals surface area contributed by atoms with E-state index >= 15 is 0 Å². The van der Waals surface area contributed by atoms with Crippen LogP contribution >= 0.6 is 7.82 Å². The molecule has 0 saturated carbocycles. The summed E-state index contributed by atoms with van der Waals surface area (Å²) in [7, 11) is -10.1. The van der Waals surface area contributed by atoms with E-state index in [1.165, 1.54) is 0 Å². The normalized spacial score (nSPS) is 10.6. The molecule has 8 nitrogen and oxygen atoms in total. The van der Waals surface area contributed by atoms with Gasteiger partial charge in [0, 0.05) is 0 Å². The van der Waals surface area contributed by atoms with Gasteiger partial charge in [-0.15, -0.1) is 0 Å². The number of rotatable bonds is 0. The van der Waals surface area contributed by atoms with E-state index < -0.39 is 18.2 Å². The molecule has 0 unspecified atom stereocenters. The summed E-state index contributed by atoms with van der Waals surface area (Å²) in [5.41, 5.74) is 0. The maximum atomic E-state index is 8.74. The first-order valence-corrected chi connectivity index (χ1v) is 4.29. The Hall–Kier alpha value is 0.902. The quantitative estimate of drug-likeness (QED) is 0.235. The SMILES string of the molecule is O=P([O-])([O-])[O-].O=S(=O)(O)O.[PbH+3]. The summed E-state index contributed by atoms with van der Waals surface area (Å²) >= 11 is 0. The van der Waals surface area contributed by atoms with Crippen molar-refractivity contribution in [3.05, 3.63) is 0 Å². The van der Waals surface area contributed by atoms with Crippen molar-refractivity contribution in [2.24, 2.45) is 0 Å². The Morgan fingerprint density at radius 1 is 1.09 bits per heavy atom. The van der Waals surface area contributed by atoms with Crippen LogP contribution in [0.2, 0.25) is 0 Å². The van der Waals surface area contributed by atoms with E-state index in [0.29, 0.717) is 0 Å². The molecule has 11 heteroatoms. The molecule has 0 heterocycles. The molecule has 0 saturated heterocycles. The predicted molar refractivity (Wildman–Crippen MR) is 28.9 cm³/mol. The molecule has 0 spiro atoms. The van der Waals surface area contributed by atoms with Gasteiger partial charge in [-0.05, 0) is 0 Å². The van der Waals surface area contributed by atoms with Gasteiger partial charge in [-0.1, -0.05) is 0 Å². The Kier molecular flexibility index (Phi) is 10.4. The standard InChI is InChI=1S/H3O4P.H2O4S.Pb.H/c2*1-5(2,3)4;;/h(H3,1,2,3,4);(H2,1,2,3,4);;/q;;+3;/p-3. The van der Waals surface area contributed by atoms with Crippen molar-refractivity contribution in [2.75, 3.05) is 0 Å². The van der Waals surface area contributed by atoms with Crippen LogP contribution in [0.25, 0.3) is 0 Å². The Morgan fingerprint density at radius 2 is 1.09 bits per heavy atom. The Morgan fingerprint density at radius 3 is 1.09 bits per heavy atom. The first kappa shape index (κ1) is 17.9. The Balaban J connectivity index is -0.000000107. The summed E-state index contributed by atoms with van der Waals surface area (Å²) < 4.78 is 40.1. The second kappa shape index (κ2) is 6.42. The Bertz CT molecular complexity index is 192. The van der Waals surface area contributed by atoms with Crippen molar-refractivity contribution >= 4 is 45.5 Å². The van der Waals surface area contributed by atoms with Crippen molar-refractivity contribution < 1.29 is 36.8 Å². The third-order valence-electron chi connectivity index (χ3n) is 0. The molecule has 0 aromatic heterocycles. The van der Waals surface area contributed by atoms with E-state index in [4.69, 9.17) is 36.8 Å². The van der Waals surface area contributed by atoms with E-state index in [2.05, 4.69) is 0 Å². The third-order valence-corrected chi connectivity index (χ3v) is 0. The van der Waals surface area contributed by atoms with Gasteiger partial charge in [-0.25, -0.2) is 0 Å². The molecule has 0 aliphatic rings. The van der Waals surface area contributed by atoms with E-state index in [9.17, 15) is 0 Å². The van der Waals surface area contributed by atoms with Gasteiger partial charge < -0.3 is 19.2 Å². The maximum absolute atomic E-state index is 8.74. The molecule has 0 rings (SSSR count). The predicted octanol–water partition coefficient (Wildman–Crippen LogP) is -4.13. The molecule has 0 radical (unpaired) electrons. The molecule has 0 aromatic rings. The molecule has 0 fully saturated rings. The number of hydrogen-bond acceptors (Lipinski definition) is 6. The van der Waals surface area contributed by atoms with Crippen LogP contribution < -0.4 is 14.7 Å². The molecule has 0 aromatic carbocycles. The van der Waals surface area contributed by atoms with Gasteiger partial charge in [0.25, 0.3) is 0 Å². The second-order valence-electron chi connectivity index (χ2n) is 0.895. The number of phosphoric acid groups is 1. The molecule has 0 aliphatic carbocycles. The van der Waals surface area contributed by atoms with Crippen LogP contribution in [-0.2, 0) is 15.0 Å². The molecular formula is H3O8PPbS. The van der Waals surface area contributed by atoms with Crippen LogP contribution in [0.4, 0.5) is 0 Å². The molecular weight excluding hydrogens is 398 g/mol. The van der Waals surface area contributed by atoms with Gasteiger partial charge in [0.05, 0.1) is 0 Å². The molecule has 0 amide bonds. The Labute approximate surface area is 82.2 Å². The van der Waals surface area contributed by atoms with Gasteiger partial charge in [0.2, 0.25) is 0 Å². The van der Waals surface area contributed by atoms with Crippen molar-refractivity contribution in [3.63, 3.8) is 0 Å². The van der Waals surface area contributed by atoms with Gasteiger partial charge in [-0.2, -0.15) is 16.2 Å². The first-order chi connectivity index (χ1) is 4.00. The summed E-state index contributed by atoms with van der Waals surface area (Å²) in [5.74, 6) is 0. The molecule has 11 heavy (non-hydrogen) atoms. The fraction of sp³-hybridized carbons (Fsp3) is 0. The van der Waals surface area contributed by atoms with Crippen LogP contribution in [0.3, 0.4) is 0 Å². The molecule has 0 aliphatic heterocycles. The molecule has 2 N–H and O–H groups in total. The number of hydrogen-bond donors (Lipinski definition) is 2. The van der Waals surface area contributed by atoms with Gasteiger partial charge in [0.1, 0.15) is 0 Å². The monoisotopic (exact) mass is 402 g/mol. The molecule has 0 atom stereocenters. The van der Waals surface area contributed by atoms with E-state index in [-0.39, 0.29) is 27.3 Å². The fourth-order valence-corrected chi connectivity index (χ4v) is 0. The molecule has 66 valence electrons. The second-order valence-corrected chi connectivity index (χ2v) is 2.69. The zero-order valence-electron chi connectivity index (χ0n) is 4.78. The average Bonchev–Trinajstić information content (AvgIpc) is 1.12. The summed E-state index contributed by atoms with van der Waals surface area (Å²) in [6.45, 7) is 0. The average molecular weight is 401 g/mol. The summed E-state index contributed by atoms with van der Waals surface area (Å²) in [5, 5.41) is 0. The van der Waals surface area contributed by atoms with E-state index in [1.807, 2.05) is 0 Å². The van der Waals surface area contributed by atoms with Crippen LogP contribution in [0, 0.1) is 0 Å².